The van der Waals surface area contributed by atoms with E-state index in [1.165, 1.54) is 17.8 Å². The van der Waals surface area contributed by atoms with Crippen molar-refractivity contribution in [3.05, 3.63) is 69.1 Å². The molecule has 21 heavy (non-hydrogen) atoms. The number of pyridine rings is 1. The predicted molar refractivity (Wildman–Crippen MR) is 83.9 cm³/mol. The highest BCUT2D eigenvalue weighted by Crippen LogP contribution is 2.18. The van der Waals surface area contributed by atoms with E-state index in [1.807, 2.05) is 18.2 Å². The summed E-state index contributed by atoms with van der Waals surface area (Å²) in [5, 5.41) is 2.89. The van der Waals surface area contributed by atoms with Crippen molar-refractivity contribution >= 4 is 17.5 Å². The highest BCUT2D eigenvalue weighted by molar-refractivity contribution is 6.30. The topological polar surface area (TPSA) is 62.0 Å². The van der Waals surface area contributed by atoms with Crippen molar-refractivity contribution < 1.29 is 4.79 Å². The molecule has 0 aliphatic carbocycles. The third-order valence-electron chi connectivity index (χ3n) is 3.39. The van der Waals surface area contributed by atoms with E-state index in [1.54, 1.807) is 0 Å². The number of hydrogen-bond acceptors (Lipinski definition) is 2. The van der Waals surface area contributed by atoms with Gasteiger partial charge in [0.2, 0.25) is 0 Å². The molecule has 2 aromatic rings. The molecule has 1 amide bonds. The van der Waals surface area contributed by atoms with Crippen molar-refractivity contribution in [1.29, 1.82) is 0 Å². The van der Waals surface area contributed by atoms with Crippen molar-refractivity contribution in [2.24, 2.45) is 0 Å². The normalized spacial score (nSPS) is 11.9. The highest BCUT2D eigenvalue weighted by Gasteiger charge is 2.12. The van der Waals surface area contributed by atoms with Gasteiger partial charge in [0.25, 0.3) is 11.5 Å². The maximum Gasteiger partial charge on any atom is 0.266 e. The van der Waals surface area contributed by atoms with Gasteiger partial charge in [-0.3, -0.25) is 9.59 Å². The summed E-state index contributed by atoms with van der Waals surface area (Å²) >= 11 is 5.72. The zero-order valence-corrected chi connectivity index (χ0v) is 12.5. The van der Waals surface area contributed by atoms with Crippen LogP contribution in [0.4, 0.5) is 0 Å². The molecule has 1 heterocycles. The molecule has 2 rings (SSSR count). The molecule has 1 atom stereocenters. The highest BCUT2D eigenvalue weighted by atomic mass is 35.5. The number of carbonyl (C=O) groups excluding carboxylic acids is 1. The van der Waals surface area contributed by atoms with Crippen LogP contribution in [0.3, 0.4) is 0 Å². The Kier molecular flexibility index (Phi) is 5.17. The molecule has 0 aliphatic rings. The molecule has 0 aliphatic heterocycles. The molecule has 0 radical (unpaired) electrons. The number of nitrogens with one attached hydrogen (secondary N) is 2. The Morgan fingerprint density at radius 2 is 2.05 bits per heavy atom. The number of benzene rings is 1. The first-order valence-corrected chi connectivity index (χ1v) is 7.21. The van der Waals surface area contributed by atoms with E-state index in [0.29, 0.717) is 12.1 Å². The lowest BCUT2D eigenvalue weighted by atomic mass is 9.96. The van der Waals surface area contributed by atoms with Gasteiger partial charge in [0, 0.05) is 18.7 Å². The second kappa shape index (κ2) is 7.09. The van der Waals surface area contributed by atoms with Crippen LogP contribution < -0.4 is 10.9 Å². The molecule has 0 saturated heterocycles. The molecule has 0 bridgehead atoms. The van der Waals surface area contributed by atoms with Gasteiger partial charge >= 0.3 is 0 Å². The van der Waals surface area contributed by atoms with Gasteiger partial charge in [-0.2, -0.15) is 0 Å². The van der Waals surface area contributed by atoms with Crippen molar-refractivity contribution in [3.8, 4) is 0 Å². The van der Waals surface area contributed by atoms with Crippen molar-refractivity contribution in [2.45, 2.75) is 19.3 Å². The molecule has 1 aromatic carbocycles. The number of halogens is 1. The second-order valence-corrected chi connectivity index (χ2v) is 5.20. The standard InChI is InChI=1S/C16H17ClN2O2/c1-2-11(12-6-4-3-5-7-12)9-18-15(20)13-8-14(17)16(21)19-10-13/h3-8,10-11H,2,9H2,1H3,(H,18,20)(H,19,21). The molecule has 1 aromatic heterocycles. The third-order valence-corrected chi connectivity index (χ3v) is 3.67. The minimum Gasteiger partial charge on any atom is -0.351 e. The van der Waals surface area contributed by atoms with Crippen LogP contribution in [0.5, 0.6) is 0 Å². The smallest absolute Gasteiger partial charge is 0.266 e. The summed E-state index contributed by atoms with van der Waals surface area (Å²) in [6.45, 7) is 2.62. The van der Waals surface area contributed by atoms with Crippen LogP contribution in [0.1, 0.15) is 35.2 Å². The van der Waals surface area contributed by atoms with Gasteiger partial charge in [-0.1, -0.05) is 48.9 Å². The van der Waals surface area contributed by atoms with E-state index in [2.05, 4.69) is 29.4 Å². The number of hydrogen-bond donors (Lipinski definition) is 2. The summed E-state index contributed by atoms with van der Waals surface area (Å²) in [7, 11) is 0. The zero-order valence-electron chi connectivity index (χ0n) is 11.7. The number of H-pyrrole nitrogens is 1. The Bertz CT molecular complexity index is 667. The van der Waals surface area contributed by atoms with E-state index < -0.39 is 5.56 Å². The first-order chi connectivity index (χ1) is 10.1. The zero-order chi connectivity index (χ0) is 15.2. The molecule has 110 valence electrons. The van der Waals surface area contributed by atoms with E-state index in [9.17, 15) is 9.59 Å². The largest absolute Gasteiger partial charge is 0.351 e. The van der Waals surface area contributed by atoms with Crippen LogP contribution >= 0.6 is 11.6 Å². The second-order valence-electron chi connectivity index (χ2n) is 4.79. The first-order valence-electron chi connectivity index (χ1n) is 6.83. The molecule has 4 nitrogen and oxygen atoms in total. The molecule has 5 heteroatoms. The molecule has 1 unspecified atom stereocenters. The predicted octanol–water partition coefficient (Wildman–Crippen LogP) is 2.95. The molecule has 0 spiro atoms. The van der Waals surface area contributed by atoms with Gasteiger partial charge in [-0.25, -0.2) is 0 Å². The number of carbonyl (C=O) groups is 1. The third kappa shape index (κ3) is 3.95. The summed E-state index contributed by atoms with van der Waals surface area (Å²) < 4.78 is 0. The van der Waals surface area contributed by atoms with Gasteiger partial charge in [-0.15, -0.1) is 0 Å². The quantitative estimate of drug-likeness (QED) is 0.892. The summed E-state index contributed by atoms with van der Waals surface area (Å²) in [6.07, 6.45) is 2.30. The lowest BCUT2D eigenvalue weighted by molar-refractivity contribution is 0.0950. The van der Waals surface area contributed by atoms with Crippen LogP contribution in [0.15, 0.2) is 47.4 Å². The lowest BCUT2D eigenvalue weighted by Gasteiger charge is -2.16. The van der Waals surface area contributed by atoms with Gasteiger partial charge < -0.3 is 10.3 Å². The number of rotatable bonds is 5. The van der Waals surface area contributed by atoms with Crippen LogP contribution in [-0.2, 0) is 0 Å². The number of aromatic amines is 1. The molecular weight excluding hydrogens is 288 g/mol. The van der Waals surface area contributed by atoms with E-state index in [-0.39, 0.29) is 16.8 Å². The minimum absolute atomic E-state index is 0.0118. The maximum absolute atomic E-state index is 12.1. The first kappa shape index (κ1) is 15.3. The van der Waals surface area contributed by atoms with E-state index in [4.69, 9.17) is 11.6 Å². The minimum atomic E-state index is -0.399. The maximum atomic E-state index is 12.1. The van der Waals surface area contributed by atoms with E-state index >= 15 is 0 Å². The Labute approximate surface area is 128 Å². The Hall–Kier alpha value is -2.07. The van der Waals surface area contributed by atoms with Gasteiger partial charge in [-0.05, 0) is 18.1 Å². The Morgan fingerprint density at radius 3 is 2.67 bits per heavy atom. The average Bonchev–Trinajstić information content (AvgIpc) is 2.51. The fourth-order valence-electron chi connectivity index (χ4n) is 2.13. The molecule has 2 N–H and O–H groups in total. The summed E-state index contributed by atoms with van der Waals surface area (Å²) in [6, 6.07) is 11.4. The monoisotopic (exact) mass is 304 g/mol. The van der Waals surface area contributed by atoms with E-state index in [0.717, 1.165) is 6.42 Å². The lowest BCUT2D eigenvalue weighted by Crippen LogP contribution is -2.29. The molecular formula is C16H17ClN2O2. The van der Waals surface area contributed by atoms with Gasteiger partial charge in [0.15, 0.2) is 0 Å². The van der Waals surface area contributed by atoms with Crippen LogP contribution in [0, 0.1) is 0 Å². The SMILES string of the molecule is CCC(CNC(=O)c1c[nH]c(=O)c(Cl)c1)c1ccccc1. The fraction of sp³-hybridized carbons (Fsp3) is 0.250. The Balaban J connectivity index is 2.02. The Morgan fingerprint density at radius 1 is 1.33 bits per heavy atom. The molecule has 0 fully saturated rings. The van der Waals surface area contributed by atoms with Gasteiger partial charge in [0.05, 0.1) is 5.56 Å². The van der Waals surface area contributed by atoms with Crippen LogP contribution in [0.2, 0.25) is 5.02 Å². The average molecular weight is 305 g/mol. The van der Waals surface area contributed by atoms with Crippen molar-refractivity contribution in [3.63, 3.8) is 0 Å². The van der Waals surface area contributed by atoms with Crippen molar-refractivity contribution in [1.82, 2.24) is 10.3 Å². The fourth-order valence-corrected chi connectivity index (χ4v) is 2.30. The summed E-state index contributed by atoms with van der Waals surface area (Å²) in [5.74, 6) is 0.0101. The van der Waals surface area contributed by atoms with Gasteiger partial charge in [0.1, 0.15) is 5.02 Å². The van der Waals surface area contributed by atoms with Crippen LogP contribution in [0.25, 0.3) is 0 Å². The van der Waals surface area contributed by atoms with Crippen molar-refractivity contribution in [2.75, 3.05) is 6.54 Å². The number of amides is 1. The van der Waals surface area contributed by atoms with Crippen LogP contribution in [-0.4, -0.2) is 17.4 Å². The molecule has 0 saturated carbocycles. The summed E-state index contributed by atoms with van der Waals surface area (Å²) in [4.78, 5) is 25.7. The number of aromatic nitrogens is 1. The summed E-state index contributed by atoms with van der Waals surface area (Å²) in [5.41, 5.74) is 1.14.